The van der Waals surface area contributed by atoms with Gasteiger partial charge in [0.05, 0.1) is 0 Å². The van der Waals surface area contributed by atoms with Crippen molar-refractivity contribution in [3.8, 4) is 0 Å². The Morgan fingerprint density at radius 1 is 1.27 bits per heavy atom. The highest BCUT2D eigenvalue weighted by Crippen LogP contribution is 2.23. The molecule has 0 amide bonds. The maximum absolute atomic E-state index is 3.70. The molecule has 90 valence electrons. The third-order valence-corrected chi connectivity index (χ3v) is 4.87. The summed E-state index contributed by atoms with van der Waals surface area (Å²) < 4.78 is 0. The molecule has 0 spiro atoms. The van der Waals surface area contributed by atoms with E-state index in [4.69, 9.17) is 0 Å². The van der Waals surface area contributed by atoms with Gasteiger partial charge in [0, 0.05) is 23.6 Å². The van der Waals surface area contributed by atoms with Crippen LogP contribution in [0.15, 0.2) is 0 Å². The Balaban J connectivity index is 1.96. The minimum absolute atomic E-state index is 0.818. The fourth-order valence-electron chi connectivity index (χ4n) is 2.11. The average molecular weight is 229 g/mol. The molecule has 1 nitrogen and oxygen atoms in total. The summed E-state index contributed by atoms with van der Waals surface area (Å²) in [5, 5.41) is 4.53. The SMILES string of the molecule is CCC(C)SCCNC1CCC(C)CC1. The second-order valence-corrected chi connectivity index (χ2v) is 6.55. The molecule has 1 fully saturated rings. The molecule has 1 aliphatic carbocycles. The predicted octanol–water partition coefficient (Wildman–Crippen LogP) is 3.69. The summed E-state index contributed by atoms with van der Waals surface area (Å²) in [6.07, 6.45) is 6.95. The average Bonchev–Trinajstić information content (AvgIpc) is 2.26. The van der Waals surface area contributed by atoms with Crippen molar-refractivity contribution < 1.29 is 0 Å². The molecule has 0 radical (unpaired) electrons. The van der Waals surface area contributed by atoms with E-state index in [-0.39, 0.29) is 0 Å². The molecule has 1 aliphatic rings. The Labute approximate surface area is 99.8 Å². The number of rotatable bonds is 6. The van der Waals surface area contributed by atoms with Crippen molar-refractivity contribution in [3.63, 3.8) is 0 Å². The number of hydrogen-bond acceptors (Lipinski definition) is 2. The van der Waals surface area contributed by atoms with E-state index in [0.717, 1.165) is 17.2 Å². The molecule has 0 aliphatic heterocycles. The monoisotopic (exact) mass is 229 g/mol. The molecule has 0 aromatic carbocycles. The van der Waals surface area contributed by atoms with Crippen LogP contribution in [0, 0.1) is 5.92 Å². The summed E-state index contributed by atoms with van der Waals surface area (Å²) in [4.78, 5) is 0. The van der Waals surface area contributed by atoms with Crippen LogP contribution in [0.4, 0.5) is 0 Å². The first-order valence-corrected chi connectivity index (χ1v) is 7.62. The van der Waals surface area contributed by atoms with Crippen LogP contribution in [0.5, 0.6) is 0 Å². The summed E-state index contributed by atoms with van der Waals surface area (Å²) in [6, 6.07) is 0.818. The van der Waals surface area contributed by atoms with E-state index in [0.29, 0.717) is 0 Å². The first-order chi connectivity index (χ1) is 7.22. The summed E-state index contributed by atoms with van der Waals surface area (Å²) in [6.45, 7) is 8.18. The second kappa shape index (κ2) is 7.56. The van der Waals surface area contributed by atoms with Crippen molar-refractivity contribution in [2.24, 2.45) is 5.92 Å². The minimum atomic E-state index is 0.818. The number of thioether (sulfide) groups is 1. The fourth-order valence-corrected chi connectivity index (χ4v) is 2.98. The van der Waals surface area contributed by atoms with Crippen molar-refractivity contribution in [1.29, 1.82) is 0 Å². The molecule has 1 rings (SSSR count). The first-order valence-electron chi connectivity index (χ1n) is 6.57. The molecule has 1 unspecified atom stereocenters. The van der Waals surface area contributed by atoms with Gasteiger partial charge in [-0.1, -0.05) is 20.8 Å². The maximum Gasteiger partial charge on any atom is 0.00675 e. The predicted molar refractivity (Wildman–Crippen MR) is 71.6 cm³/mol. The molecule has 15 heavy (non-hydrogen) atoms. The molecule has 1 N–H and O–H groups in total. The number of nitrogens with one attached hydrogen (secondary N) is 1. The summed E-state index contributed by atoms with van der Waals surface area (Å²) >= 11 is 2.10. The Hall–Kier alpha value is 0.310. The summed E-state index contributed by atoms with van der Waals surface area (Å²) in [5.41, 5.74) is 0. The highest BCUT2D eigenvalue weighted by atomic mass is 32.2. The normalized spacial score (nSPS) is 29.0. The Morgan fingerprint density at radius 3 is 2.53 bits per heavy atom. The van der Waals surface area contributed by atoms with Crippen molar-refractivity contribution >= 4 is 11.8 Å². The third kappa shape index (κ3) is 5.82. The molecule has 1 saturated carbocycles. The van der Waals surface area contributed by atoms with E-state index in [1.165, 1.54) is 44.4 Å². The van der Waals surface area contributed by atoms with Gasteiger partial charge in [-0.2, -0.15) is 11.8 Å². The molecule has 0 bridgehead atoms. The van der Waals surface area contributed by atoms with Crippen LogP contribution in [0.1, 0.15) is 52.9 Å². The largest absolute Gasteiger partial charge is 0.313 e. The van der Waals surface area contributed by atoms with Gasteiger partial charge in [-0.25, -0.2) is 0 Å². The quantitative estimate of drug-likeness (QED) is 0.697. The lowest BCUT2D eigenvalue weighted by Crippen LogP contribution is -2.34. The molecule has 0 aromatic heterocycles. The zero-order valence-electron chi connectivity index (χ0n) is 10.6. The minimum Gasteiger partial charge on any atom is -0.313 e. The van der Waals surface area contributed by atoms with Gasteiger partial charge in [0.15, 0.2) is 0 Å². The highest BCUT2D eigenvalue weighted by Gasteiger charge is 2.17. The number of hydrogen-bond donors (Lipinski definition) is 1. The summed E-state index contributed by atoms with van der Waals surface area (Å²) in [7, 11) is 0. The molecule has 0 heterocycles. The van der Waals surface area contributed by atoms with Crippen LogP contribution in [0.2, 0.25) is 0 Å². The van der Waals surface area contributed by atoms with Crippen molar-refractivity contribution in [3.05, 3.63) is 0 Å². The second-order valence-electron chi connectivity index (χ2n) is 5.00. The van der Waals surface area contributed by atoms with Crippen LogP contribution in [0.3, 0.4) is 0 Å². The van der Waals surface area contributed by atoms with Crippen molar-refractivity contribution in [2.45, 2.75) is 64.2 Å². The van der Waals surface area contributed by atoms with Gasteiger partial charge < -0.3 is 5.32 Å². The van der Waals surface area contributed by atoms with Crippen molar-refractivity contribution in [1.82, 2.24) is 5.32 Å². The van der Waals surface area contributed by atoms with E-state index in [1.54, 1.807) is 0 Å². The Morgan fingerprint density at radius 2 is 1.93 bits per heavy atom. The first kappa shape index (κ1) is 13.4. The van der Waals surface area contributed by atoms with E-state index < -0.39 is 0 Å². The van der Waals surface area contributed by atoms with Crippen LogP contribution in [-0.4, -0.2) is 23.6 Å². The third-order valence-electron chi connectivity index (χ3n) is 3.53. The van der Waals surface area contributed by atoms with Gasteiger partial charge in [0.1, 0.15) is 0 Å². The molecular weight excluding hydrogens is 202 g/mol. The van der Waals surface area contributed by atoms with Gasteiger partial charge >= 0.3 is 0 Å². The standard InChI is InChI=1S/C13H27NS/c1-4-12(3)15-10-9-14-13-7-5-11(2)6-8-13/h11-14H,4-10H2,1-3H3. The van der Waals surface area contributed by atoms with Gasteiger partial charge in [-0.05, 0) is 38.0 Å². The van der Waals surface area contributed by atoms with Crippen LogP contribution in [-0.2, 0) is 0 Å². The molecule has 1 atom stereocenters. The lowest BCUT2D eigenvalue weighted by molar-refractivity contribution is 0.312. The van der Waals surface area contributed by atoms with Gasteiger partial charge in [0.2, 0.25) is 0 Å². The Kier molecular flexibility index (Phi) is 6.74. The van der Waals surface area contributed by atoms with Crippen molar-refractivity contribution in [2.75, 3.05) is 12.3 Å². The smallest absolute Gasteiger partial charge is 0.00675 e. The van der Waals surface area contributed by atoms with Gasteiger partial charge in [-0.3, -0.25) is 0 Å². The lowest BCUT2D eigenvalue weighted by atomic mass is 9.87. The Bertz CT molecular complexity index is 153. The topological polar surface area (TPSA) is 12.0 Å². The molecular formula is C13H27NS. The molecule has 0 aromatic rings. The zero-order valence-corrected chi connectivity index (χ0v) is 11.4. The maximum atomic E-state index is 3.70. The summed E-state index contributed by atoms with van der Waals surface area (Å²) in [5.74, 6) is 2.25. The van der Waals surface area contributed by atoms with E-state index in [2.05, 4.69) is 37.8 Å². The van der Waals surface area contributed by atoms with Gasteiger partial charge in [-0.15, -0.1) is 0 Å². The zero-order chi connectivity index (χ0) is 11.1. The fraction of sp³-hybridized carbons (Fsp3) is 1.00. The highest BCUT2D eigenvalue weighted by molar-refractivity contribution is 7.99. The van der Waals surface area contributed by atoms with Crippen LogP contribution in [0.25, 0.3) is 0 Å². The van der Waals surface area contributed by atoms with E-state index in [1.807, 2.05) is 0 Å². The van der Waals surface area contributed by atoms with E-state index >= 15 is 0 Å². The molecule has 2 heteroatoms. The lowest BCUT2D eigenvalue weighted by Gasteiger charge is -2.27. The van der Waals surface area contributed by atoms with E-state index in [9.17, 15) is 0 Å². The molecule has 0 saturated heterocycles. The van der Waals surface area contributed by atoms with Crippen LogP contribution < -0.4 is 5.32 Å². The van der Waals surface area contributed by atoms with Crippen LogP contribution >= 0.6 is 11.8 Å². The van der Waals surface area contributed by atoms with Gasteiger partial charge in [0.25, 0.3) is 0 Å².